The molecule has 0 bridgehead atoms. The molecule has 0 aromatic heterocycles. The first-order valence-electron chi connectivity index (χ1n) is 9.80. The molecule has 2 aliphatic heterocycles. The number of rotatable bonds is 3. The molecule has 1 atom stereocenters. The third kappa shape index (κ3) is 3.34. The first-order chi connectivity index (χ1) is 12.3. The Morgan fingerprint density at radius 2 is 2.00 bits per heavy atom. The van der Waals surface area contributed by atoms with E-state index in [-0.39, 0.29) is 12.1 Å². The number of nitrogens with one attached hydrogen (secondary N) is 1. The SMILES string of the molecule is CCc1cccc2c1OCCC2NC(=O)N1CCN(C2CCC2)CC1. The molecule has 2 fully saturated rings. The van der Waals surface area contributed by atoms with Gasteiger partial charge in [-0.3, -0.25) is 4.90 Å². The molecule has 0 spiro atoms. The van der Waals surface area contributed by atoms with Crippen LogP contribution in [0.5, 0.6) is 5.75 Å². The summed E-state index contributed by atoms with van der Waals surface area (Å²) in [5, 5.41) is 3.26. The molecule has 5 nitrogen and oxygen atoms in total. The Bertz CT molecular complexity index is 621. The van der Waals surface area contributed by atoms with Gasteiger partial charge in [-0.1, -0.05) is 31.5 Å². The van der Waals surface area contributed by atoms with Crippen LogP contribution in [-0.4, -0.2) is 54.7 Å². The van der Waals surface area contributed by atoms with Gasteiger partial charge in [-0.15, -0.1) is 0 Å². The predicted molar refractivity (Wildman–Crippen MR) is 98.0 cm³/mol. The van der Waals surface area contributed by atoms with Crippen LogP contribution in [0.3, 0.4) is 0 Å². The minimum atomic E-state index is 0.0624. The van der Waals surface area contributed by atoms with Crippen molar-refractivity contribution in [2.75, 3.05) is 32.8 Å². The highest BCUT2D eigenvalue weighted by molar-refractivity contribution is 5.75. The summed E-state index contributed by atoms with van der Waals surface area (Å²) in [7, 11) is 0. The van der Waals surface area contributed by atoms with E-state index in [1.54, 1.807) is 0 Å². The Kier molecular flexibility index (Phi) is 4.84. The summed E-state index contributed by atoms with van der Waals surface area (Å²) in [5.74, 6) is 0.983. The van der Waals surface area contributed by atoms with Crippen LogP contribution in [0.1, 0.15) is 49.8 Å². The highest BCUT2D eigenvalue weighted by Crippen LogP contribution is 2.35. The van der Waals surface area contributed by atoms with Crippen LogP contribution in [0.25, 0.3) is 0 Å². The maximum Gasteiger partial charge on any atom is 0.317 e. The number of amides is 2. The summed E-state index contributed by atoms with van der Waals surface area (Å²) in [6.45, 7) is 6.53. The van der Waals surface area contributed by atoms with Gasteiger partial charge in [-0.2, -0.15) is 0 Å². The Balaban J connectivity index is 1.37. The number of para-hydroxylation sites is 1. The topological polar surface area (TPSA) is 44.8 Å². The third-order valence-electron chi connectivity index (χ3n) is 6.03. The molecule has 1 aromatic carbocycles. The predicted octanol–water partition coefficient (Wildman–Crippen LogP) is 2.95. The normalized spacial score (nSPS) is 24.2. The van der Waals surface area contributed by atoms with Gasteiger partial charge in [0.2, 0.25) is 0 Å². The molecule has 3 aliphatic rings. The Hall–Kier alpha value is -1.75. The van der Waals surface area contributed by atoms with Gasteiger partial charge in [-0.05, 0) is 24.8 Å². The number of hydrogen-bond acceptors (Lipinski definition) is 3. The van der Waals surface area contributed by atoms with Crippen molar-refractivity contribution in [1.29, 1.82) is 0 Å². The van der Waals surface area contributed by atoms with Gasteiger partial charge in [0.05, 0.1) is 12.6 Å². The van der Waals surface area contributed by atoms with Gasteiger partial charge in [-0.25, -0.2) is 4.79 Å². The number of aryl methyl sites for hydroxylation is 1. The second-order valence-corrected chi connectivity index (χ2v) is 7.44. The molecule has 25 heavy (non-hydrogen) atoms. The maximum atomic E-state index is 12.7. The van der Waals surface area contributed by atoms with Crippen molar-refractivity contribution in [3.63, 3.8) is 0 Å². The van der Waals surface area contributed by atoms with Gasteiger partial charge >= 0.3 is 6.03 Å². The fourth-order valence-electron chi connectivity index (χ4n) is 4.20. The number of urea groups is 1. The molecule has 1 N–H and O–H groups in total. The lowest BCUT2D eigenvalue weighted by molar-refractivity contribution is 0.0719. The zero-order valence-corrected chi connectivity index (χ0v) is 15.2. The number of carbonyl (C=O) groups is 1. The maximum absolute atomic E-state index is 12.7. The molecule has 1 saturated heterocycles. The van der Waals surface area contributed by atoms with Gasteiger partial charge in [0, 0.05) is 44.2 Å². The summed E-state index contributed by atoms with van der Waals surface area (Å²) in [6, 6.07) is 7.19. The second-order valence-electron chi connectivity index (χ2n) is 7.44. The molecular weight excluding hydrogens is 314 g/mol. The Morgan fingerprint density at radius 3 is 2.68 bits per heavy atom. The number of carbonyl (C=O) groups excluding carboxylic acids is 1. The number of nitrogens with zero attached hydrogens (tertiary/aromatic N) is 2. The van der Waals surface area contributed by atoms with Crippen molar-refractivity contribution in [2.24, 2.45) is 0 Å². The van der Waals surface area contributed by atoms with Crippen molar-refractivity contribution in [3.05, 3.63) is 29.3 Å². The van der Waals surface area contributed by atoms with E-state index in [2.05, 4.69) is 35.3 Å². The summed E-state index contributed by atoms with van der Waals surface area (Å²) in [5.41, 5.74) is 2.36. The summed E-state index contributed by atoms with van der Waals surface area (Å²) in [4.78, 5) is 17.3. The molecule has 5 heteroatoms. The van der Waals surface area contributed by atoms with Gasteiger partial charge in [0.1, 0.15) is 5.75 Å². The fourth-order valence-corrected chi connectivity index (χ4v) is 4.20. The first kappa shape index (κ1) is 16.7. The van der Waals surface area contributed by atoms with Gasteiger partial charge < -0.3 is 15.0 Å². The van der Waals surface area contributed by atoms with Crippen LogP contribution >= 0.6 is 0 Å². The smallest absolute Gasteiger partial charge is 0.317 e. The monoisotopic (exact) mass is 343 g/mol. The molecule has 2 amide bonds. The standard InChI is InChI=1S/C20H29N3O2/c1-2-15-5-3-8-17-18(9-14-25-19(15)17)21-20(24)23-12-10-22(11-13-23)16-6-4-7-16/h3,5,8,16,18H,2,4,6-7,9-14H2,1H3,(H,21,24). The second kappa shape index (κ2) is 7.24. The van der Waals surface area contributed by atoms with E-state index in [9.17, 15) is 4.79 Å². The summed E-state index contributed by atoms with van der Waals surface area (Å²) >= 11 is 0. The first-order valence-corrected chi connectivity index (χ1v) is 9.80. The molecule has 1 unspecified atom stereocenters. The molecule has 136 valence electrons. The highest BCUT2D eigenvalue weighted by Gasteiger charge is 2.31. The summed E-state index contributed by atoms with van der Waals surface area (Å²) in [6.07, 6.45) is 5.84. The minimum absolute atomic E-state index is 0.0624. The van der Waals surface area contributed by atoms with Crippen LogP contribution in [0.15, 0.2) is 18.2 Å². The van der Waals surface area contributed by atoms with E-state index in [4.69, 9.17) is 4.74 Å². The largest absolute Gasteiger partial charge is 0.493 e. The lowest BCUT2D eigenvalue weighted by atomic mass is 9.91. The molecular formula is C20H29N3O2. The number of benzene rings is 1. The van der Waals surface area contributed by atoms with Crippen molar-refractivity contribution in [1.82, 2.24) is 15.1 Å². The quantitative estimate of drug-likeness (QED) is 0.918. The van der Waals surface area contributed by atoms with E-state index in [0.29, 0.717) is 6.61 Å². The lowest BCUT2D eigenvalue weighted by Gasteiger charge is -2.43. The molecule has 1 aromatic rings. The molecule has 2 heterocycles. The number of piperazine rings is 1. The highest BCUT2D eigenvalue weighted by atomic mass is 16.5. The number of fused-ring (bicyclic) bond motifs is 1. The zero-order valence-electron chi connectivity index (χ0n) is 15.2. The van der Waals surface area contributed by atoms with Crippen LogP contribution < -0.4 is 10.1 Å². The number of hydrogen-bond donors (Lipinski definition) is 1. The van der Waals surface area contributed by atoms with Crippen LogP contribution in [0, 0.1) is 0 Å². The van der Waals surface area contributed by atoms with E-state index in [1.807, 2.05) is 4.90 Å². The van der Waals surface area contributed by atoms with Gasteiger partial charge in [0.15, 0.2) is 0 Å². The average molecular weight is 343 g/mol. The average Bonchev–Trinajstić information content (AvgIpc) is 2.60. The minimum Gasteiger partial charge on any atom is -0.493 e. The van der Waals surface area contributed by atoms with Crippen LogP contribution in [-0.2, 0) is 6.42 Å². The van der Waals surface area contributed by atoms with E-state index in [1.165, 1.54) is 24.8 Å². The fraction of sp³-hybridized carbons (Fsp3) is 0.650. The van der Waals surface area contributed by atoms with Crippen LogP contribution in [0.4, 0.5) is 4.79 Å². The molecule has 1 saturated carbocycles. The van der Waals surface area contributed by atoms with E-state index in [0.717, 1.165) is 56.4 Å². The Labute approximate surface area is 150 Å². The summed E-state index contributed by atoms with van der Waals surface area (Å²) < 4.78 is 5.89. The van der Waals surface area contributed by atoms with Crippen molar-refractivity contribution >= 4 is 6.03 Å². The van der Waals surface area contributed by atoms with E-state index < -0.39 is 0 Å². The lowest BCUT2D eigenvalue weighted by Crippen LogP contribution is -2.55. The van der Waals surface area contributed by atoms with Crippen LogP contribution in [0.2, 0.25) is 0 Å². The van der Waals surface area contributed by atoms with Crippen molar-refractivity contribution in [2.45, 2.75) is 51.1 Å². The number of ether oxygens (including phenoxy) is 1. The van der Waals surface area contributed by atoms with Crippen molar-refractivity contribution in [3.8, 4) is 5.75 Å². The molecule has 0 radical (unpaired) electrons. The molecule has 4 rings (SSSR count). The Morgan fingerprint density at radius 1 is 1.20 bits per heavy atom. The van der Waals surface area contributed by atoms with Crippen molar-refractivity contribution < 1.29 is 9.53 Å². The van der Waals surface area contributed by atoms with E-state index >= 15 is 0 Å². The molecule has 1 aliphatic carbocycles. The van der Waals surface area contributed by atoms with Gasteiger partial charge in [0.25, 0.3) is 0 Å². The zero-order chi connectivity index (χ0) is 17.2. The third-order valence-corrected chi connectivity index (χ3v) is 6.03.